The molecule has 0 aliphatic carbocycles. The van der Waals surface area contributed by atoms with Crippen LogP contribution in [-0.4, -0.2) is 12.8 Å². The molecule has 0 aromatic carbocycles. The maximum absolute atomic E-state index is 10.8. The molecule has 0 spiro atoms. The molecule has 1 aliphatic rings. The Hall–Kier alpha value is -0.730. The molecule has 2 radical (unpaired) electrons. The molecular formula is C10H16O3. The van der Waals surface area contributed by atoms with E-state index in [0.717, 1.165) is 19.3 Å². The van der Waals surface area contributed by atoms with Gasteiger partial charge in [-0.05, 0) is 24.7 Å². The van der Waals surface area contributed by atoms with Crippen LogP contribution < -0.4 is 0 Å². The van der Waals surface area contributed by atoms with Gasteiger partial charge in [-0.25, -0.2) is 4.79 Å². The van der Waals surface area contributed by atoms with Crippen molar-refractivity contribution in [2.24, 2.45) is 11.8 Å². The highest BCUT2D eigenvalue weighted by Gasteiger charge is 2.19. The highest BCUT2D eigenvalue weighted by Crippen LogP contribution is 2.23. The van der Waals surface area contributed by atoms with Crippen molar-refractivity contribution in [2.75, 3.05) is 6.61 Å². The molecule has 2 unspecified atom stereocenters. The molecule has 1 fully saturated rings. The fourth-order valence-corrected chi connectivity index (χ4v) is 1.49. The van der Waals surface area contributed by atoms with Crippen LogP contribution in [0.4, 0.5) is 4.79 Å². The Bertz CT molecular complexity index is 168. The molecule has 0 bridgehead atoms. The van der Waals surface area contributed by atoms with Crippen LogP contribution in [0, 0.1) is 25.4 Å². The predicted molar refractivity (Wildman–Crippen MR) is 48.6 cm³/mol. The monoisotopic (exact) mass is 184 g/mol. The van der Waals surface area contributed by atoms with E-state index < -0.39 is 6.16 Å². The minimum atomic E-state index is -0.587. The van der Waals surface area contributed by atoms with E-state index in [1.54, 1.807) is 0 Å². The van der Waals surface area contributed by atoms with E-state index in [1.807, 2.05) is 0 Å². The van der Waals surface area contributed by atoms with Crippen LogP contribution in [0.3, 0.4) is 0 Å². The molecular weight excluding hydrogens is 168 g/mol. The lowest BCUT2D eigenvalue weighted by Gasteiger charge is -2.19. The zero-order valence-corrected chi connectivity index (χ0v) is 7.99. The Morgan fingerprint density at radius 1 is 1.69 bits per heavy atom. The molecule has 0 saturated carbocycles. The van der Waals surface area contributed by atoms with Crippen molar-refractivity contribution in [3.8, 4) is 0 Å². The molecule has 0 aromatic rings. The molecule has 0 amide bonds. The fraction of sp³-hybridized carbons (Fsp3) is 0.700. The summed E-state index contributed by atoms with van der Waals surface area (Å²) < 4.78 is 9.58. The first-order valence-electron chi connectivity index (χ1n) is 4.68. The van der Waals surface area contributed by atoms with Crippen molar-refractivity contribution in [1.29, 1.82) is 0 Å². The van der Waals surface area contributed by atoms with Crippen LogP contribution in [0.15, 0.2) is 0 Å². The lowest BCUT2D eigenvalue weighted by Crippen LogP contribution is -2.17. The maximum atomic E-state index is 10.8. The van der Waals surface area contributed by atoms with Crippen LogP contribution in [0.5, 0.6) is 0 Å². The smallest absolute Gasteiger partial charge is 0.434 e. The van der Waals surface area contributed by atoms with E-state index >= 15 is 0 Å². The van der Waals surface area contributed by atoms with E-state index in [-0.39, 0.29) is 0 Å². The molecule has 3 nitrogen and oxygen atoms in total. The van der Waals surface area contributed by atoms with E-state index in [9.17, 15) is 4.79 Å². The van der Waals surface area contributed by atoms with E-state index in [1.165, 1.54) is 6.61 Å². The van der Waals surface area contributed by atoms with Gasteiger partial charge in [-0.3, -0.25) is 0 Å². The van der Waals surface area contributed by atoms with Gasteiger partial charge < -0.3 is 9.47 Å². The van der Waals surface area contributed by atoms with Crippen LogP contribution in [0.2, 0.25) is 0 Å². The molecule has 1 rings (SSSR count). The van der Waals surface area contributed by atoms with Gasteiger partial charge in [0.25, 0.3) is 0 Å². The topological polar surface area (TPSA) is 35.5 Å². The van der Waals surface area contributed by atoms with Gasteiger partial charge in [-0.15, -0.1) is 0 Å². The summed E-state index contributed by atoms with van der Waals surface area (Å²) in [5, 5.41) is 0. The molecule has 3 heteroatoms. The molecule has 0 aromatic heterocycles. The van der Waals surface area contributed by atoms with Gasteiger partial charge in [0.2, 0.25) is 0 Å². The first-order chi connectivity index (χ1) is 6.24. The van der Waals surface area contributed by atoms with Gasteiger partial charge in [-0.2, -0.15) is 0 Å². The Morgan fingerprint density at radius 2 is 2.46 bits per heavy atom. The van der Waals surface area contributed by atoms with Crippen LogP contribution in [0.25, 0.3) is 0 Å². The number of carbonyl (C=O) groups excluding carboxylic acids is 1. The number of hydrogen-bond donors (Lipinski definition) is 0. The fourth-order valence-electron chi connectivity index (χ4n) is 1.49. The average molecular weight is 184 g/mol. The standard InChI is InChI=1S/C10H16O3/c1-3-9-5-4-6-12-10(11)13-7-8(9)2/h6,8-9H,1,3-5,7H2,2H3. The Morgan fingerprint density at radius 3 is 3.15 bits per heavy atom. The molecule has 0 N–H and O–H groups in total. The minimum absolute atomic E-state index is 0.372. The number of carbonyl (C=O) groups is 1. The minimum Gasteiger partial charge on any atom is -0.434 e. The summed E-state index contributed by atoms with van der Waals surface area (Å²) in [7, 11) is 0. The third kappa shape index (κ3) is 3.25. The largest absolute Gasteiger partial charge is 0.508 e. The van der Waals surface area contributed by atoms with Gasteiger partial charge in [-0.1, -0.05) is 20.3 Å². The Labute approximate surface area is 79.4 Å². The Kier molecular flexibility index (Phi) is 4.06. The lowest BCUT2D eigenvalue weighted by atomic mass is 9.88. The van der Waals surface area contributed by atoms with Crippen molar-refractivity contribution in [2.45, 2.75) is 26.2 Å². The number of hydrogen-bond acceptors (Lipinski definition) is 3. The third-order valence-electron chi connectivity index (χ3n) is 2.47. The summed E-state index contributed by atoms with van der Waals surface area (Å²) in [6, 6.07) is 0. The highest BCUT2D eigenvalue weighted by molar-refractivity contribution is 5.60. The molecule has 1 aliphatic heterocycles. The molecule has 1 saturated heterocycles. The van der Waals surface area contributed by atoms with Gasteiger partial charge in [0.1, 0.15) is 6.61 Å². The second-order valence-electron chi connectivity index (χ2n) is 3.45. The number of ether oxygens (including phenoxy) is 2. The molecule has 74 valence electrons. The lowest BCUT2D eigenvalue weighted by molar-refractivity contribution is 0.0614. The first kappa shape index (κ1) is 10.4. The second kappa shape index (κ2) is 5.10. The van der Waals surface area contributed by atoms with E-state index in [4.69, 9.17) is 9.47 Å². The van der Waals surface area contributed by atoms with Crippen LogP contribution in [-0.2, 0) is 9.47 Å². The van der Waals surface area contributed by atoms with Crippen LogP contribution >= 0.6 is 0 Å². The first-order valence-corrected chi connectivity index (χ1v) is 4.68. The number of rotatable bonds is 1. The predicted octanol–water partition coefficient (Wildman–Crippen LogP) is 2.57. The van der Waals surface area contributed by atoms with Gasteiger partial charge >= 0.3 is 6.16 Å². The van der Waals surface area contributed by atoms with E-state index in [0.29, 0.717) is 18.4 Å². The molecule has 2 atom stereocenters. The highest BCUT2D eigenvalue weighted by atomic mass is 16.7. The van der Waals surface area contributed by atoms with Crippen LogP contribution in [0.1, 0.15) is 26.2 Å². The second-order valence-corrected chi connectivity index (χ2v) is 3.45. The van der Waals surface area contributed by atoms with Gasteiger partial charge in [0.05, 0.1) is 6.61 Å². The SMILES string of the molecule is [CH2]CC1CC[CH]OC(=O)OCC1C. The van der Waals surface area contributed by atoms with Crippen molar-refractivity contribution in [1.82, 2.24) is 0 Å². The summed E-state index contributed by atoms with van der Waals surface area (Å²) in [5.41, 5.74) is 0. The zero-order chi connectivity index (χ0) is 9.68. The van der Waals surface area contributed by atoms with E-state index in [2.05, 4.69) is 13.8 Å². The quantitative estimate of drug-likeness (QED) is 0.587. The number of cyclic esters (lactones) is 2. The van der Waals surface area contributed by atoms with Crippen molar-refractivity contribution >= 4 is 6.16 Å². The summed E-state index contributed by atoms with van der Waals surface area (Å²) >= 11 is 0. The Balaban J connectivity index is 2.46. The van der Waals surface area contributed by atoms with Crippen molar-refractivity contribution in [3.63, 3.8) is 0 Å². The summed E-state index contributed by atoms with van der Waals surface area (Å²) in [4.78, 5) is 10.8. The molecule has 1 heterocycles. The third-order valence-corrected chi connectivity index (χ3v) is 2.47. The average Bonchev–Trinajstić information content (AvgIpc) is 2.20. The summed E-state index contributed by atoms with van der Waals surface area (Å²) in [6.07, 6.45) is 2.10. The van der Waals surface area contributed by atoms with Gasteiger partial charge in [0, 0.05) is 0 Å². The normalized spacial score (nSPS) is 30.8. The zero-order valence-electron chi connectivity index (χ0n) is 7.99. The van der Waals surface area contributed by atoms with Gasteiger partial charge in [0.15, 0.2) is 0 Å². The van der Waals surface area contributed by atoms with Crippen molar-refractivity contribution in [3.05, 3.63) is 13.5 Å². The summed E-state index contributed by atoms with van der Waals surface area (Å²) in [6.45, 7) is 7.92. The maximum Gasteiger partial charge on any atom is 0.508 e. The summed E-state index contributed by atoms with van der Waals surface area (Å²) in [5.74, 6) is 0.891. The molecule has 13 heavy (non-hydrogen) atoms. The van der Waals surface area contributed by atoms with Crippen molar-refractivity contribution < 1.29 is 14.3 Å².